The van der Waals surface area contributed by atoms with Gasteiger partial charge in [-0.05, 0) is 85.3 Å². The molecule has 0 saturated carbocycles. The fraction of sp³-hybridized carbons (Fsp3) is 0.690. The summed E-state index contributed by atoms with van der Waals surface area (Å²) in [5.74, 6) is 0.585. The molecule has 32 heavy (non-hydrogen) atoms. The van der Waals surface area contributed by atoms with Crippen LogP contribution >= 0.6 is 11.8 Å². The molecule has 0 atom stereocenters. The maximum Gasteiger partial charge on any atom is 0.0752 e. The maximum atomic E-state index is 4.73. The lowest BCUT2D eigenvalue weighted by Gasteiger charge is -2.42. The van der Waals surface area contributed by atoms with Crippen molar-refractivity contribution in [3.8, 4) is 0 Å². The summed E-state index contributed by atoms with van der Waals surface area (Å²) in [5.41, 5.74) is 4.80. The number of piperidine rings is 1. The Hall–Kier alpha value is -1.06. The van der Waals surface area contributed by atoms with Gasteiger partial charge in [0.05, 0.1) is 5.04 Å². The van der Waals surface area contributed by atoms with Crippen LogP contribution in [0.15, 0.2) is 29.8 Å². The van der Waals surface area contributed by atoms with Gasteiger partial charge in [-0.2, -0.15) is 0 Å². The highest BCUT2D eigenvalue weighted by molar-refractivity contribution is 8.21. The molecule has 0 N–H and O–H groups in total. The fourth-order valence-corrected chi connectivity index (χ4v) is 6.42. The number of likely N-dealkylation sites (tertiary alicyclic amines) is 1. The van der Waals surface area contributed by atoms with Crippen molar-refractivity contribution in [3.05, 3.63) is 41.5 Å². The largest absolute Gasteiger partial charge is 0.303 e. The number of thioether (sulfide) groups is 1. The summed E-state index contributed by atoms with van der Waals surface area (Å²) in [6.07, 6.45) is 10.4. The third-order valence-corrected chi connectivity index (χ3v) is 9.09. The molecule has 2 aliphatic rings. The van der Waals surface area contributed by atoms with Gasteiger partial charge in [0.25, 0.3) is 0 Å². The Kier molecular flexibility index (Phi) is 8.72. The lowest BCUT2D eigenvalue weighted by molar-refractivity contribution is 0.206. The van der Waals surface area contributed by atoms with Crippen LogP contribution in [0.1, 0.15) is 103 Å². The molecule has 0 radical (unpaired) electrons. The Bertz CT molecular complexity index is 812. The van der Waals surface area contributed by atoms with Gasteiger partial charge < -0.3 is 4.90 Å². The predicted molar refractivity (Wildman–Crippen MR) is 145 cm³/mol. The highest BCUT2D eigenvalue weighted by Crippen LogP contribution is 2.47. The van der Waals surface area contributed by atoms with E-state index in [0.717, 1.165) is 4.91 Å². The van der Waals surface area contributed by atoms with Crippen LogP contribution in [0, 0.1) is 5.92 Å². The molecule has 1 aromatic rings. The summed E-state index contributed by atoms with van der Waals surface area (Å²) >= 11 is 1.82. The Balaban J connectivity index is 1.62. The Morgan fingerprint density at radius 2 is 1.69 bits per heavy atom. The van der Waals surface area contributed by atoms with E-state index in [1.807, 2.05) is 18.8 Å². The van der Waals surface area contributed by atoms with Gasteiger partial charge in [0.1, 0.15) is 0 Å². The lowest BCUT2D eigenvalue weighted by Crippen LogP contribution is -2.36. The van der Waals surface area contributed by atoms with Crippen LogP contribution in [-0.2, 0) is 10.8 Å². The van der Waals surface area contributed by atoms with Crippen LogP contribution < -0.4 is 0 Å². The topological polar surface area (TPSA) is 15.6 Å². The van der Waals surface area contributed by atoms with Gasteiger partial charge in [-0.1, -0.05) is 84.4 Å². The molecule has 1 aliphatic heterocycles. The van der Waals surface area contributed by atoms with Crippen molar-refractivity contribution in [1.29, 1.82) is 0 Å². The number of rotatable bonds is 8. The number of benzene rings is 1. The predicted octanol–water partition coefficient (Wildman–Crippen LogP) is 8.06. The first-order valence-corrected chi connectivity index (χ1v) is 13.7. The van der Waals surface area contributed by atoms with Crippen molar-refractivity contribution in [2.75, 3.05) is 26.7 Å². The van der Waals surface area contributed by atoms with Crippen LogP contribution in [0.2, 0.25) is 0 Å². The zero-order valence-electron chi connectivity index (χ0n) is 21.6. The van der Waals surface area contributed by atoms with Crippen molar-refractivity contribution in [3.63, 3.8) is 0 Å². The van der Waals surface area contributed by atoms with Gasteiger partial charge in [0, 0.05) is 17.9 Å². The molecule has 0 unspecified atom stereocenters. The first kappa shape index (κ1) is 25.6. The molecule has 3 heteroatoms. The monoisotopic (exact) mass is 454 g/mol. The molecule has 2 nitrogen and oxygen atoms in total. The third-order valence-electron chi connectivity index (χ3n) is 7.89. The van der Waals surface area contributed by atoms with E-state index in [0.29, 0.717) is 5.92 Å². The average Bonchev–Trinajstić information content (AvgIpc) is 2.78. The molecule has 0 bridgehead atoms. The summed E-state index contributed by atoms with van der Waals surface area (Å²) in [7, 11) is 1.96. The molecule has 1 aromatic carbocycles. The fourth-order valence-electron chi connectivity index (χ4n) is 5.42. The smallest absolute Gasteiger partial charge is 0.0752 e. The Morgan fingerprint density at radius 1 is 1.03 bits per heavy atom. The van der Waals surface area contributed by atoms with Crippen molar-refractivity contribution >= 4 is 21.7 Å². The number of nitrogens with zero attached hydrogens (tertiary/aromatic N) is 2. The highest BCUT2D eigenvalue weighted by atomic mass is 32.2. The van der Waals surface area contributed by atoms with Crippen LogP contribution in [-0.4, -0.2) is 36.6 Å². The number of hydrogen-bond acceptors (Lipinski definition) is 3. The summed E-state index contributed by atoms with van der Waals surface area (Å²) < 4.78 is 0. The lowest BCUT2D eigenvalue weighted by atomic mass is 9.63. The molecule has 0 spiro atoms. The Labute approximate surface area is 202 Å². The van der Waals surface area contributed by atoms with Crippen molar-refractivity contribution in [2.45, 2.75) is 96.8 Å². The quantitative estimate of drug-likeness (QED) is 0.224. The number of unbranched alkanes of at least 4 members (excludes halogenated alkanes) is 3. The van der Waals surface area contributed by atoms with Crippen LogP contribution in [0.25, 0.3) is 4.91 Å². The zero-order chi connectivity index (χ0) is 23.4. The van der Waals surface area contributed by atoms with Crippen LogP contribution in [0.5, 0.6) is 0 Å². The summed E-state index contributed by atoms with van der Waals surface area (Å²) in [6.45, 7) is 20.0. The minimum Gasteiger partial charge on any atom is -0.303 e. The minimum absolute atomic E-state index is 0.234. The first-order chi connectivity index (χ1) is 15.2. The second-order valence-corrected chi connectivity index (χ2v) is 12.4. The van der Waals surface area contributed by atoms with Crippen molar-refractivity contribution < 1.29 is 0 Å². The zero-order valence-corrected chi connectivity index (χ0v) is 22.4. The third kappa shape index (κ3) is 6.08. The van der Waals surface area contributed by atoms with Gasteiger partial charge in [-0.3, -0.25) is 4.99 Å². The maximum absolute atomic E-state index is 4.73. The minimum atomic E-state index is 0.234. The molecule has 178 valence electrons. The molecular weight excluding hydrogens is 408 g/mol. The van der Waals surface area contributed by atoms with Crippen LogP contribution in [0.3, 0.4) is 0 Å². The normalized spacial score (nSPS) is 21.4. The molecule has 1 aliphatic carbocycles. The molecule has 3 rings (SSSR count). The van der Waals surface area contributed by atoms with Crippen molar-refractivity contribution in [2.24, 2.45) is 10.9 Å². The van der Waals surface area contributed by atoms with Gasteiger partial charge >= 0.3 is 0 Å². The number of hydrogen-bond donors (Lipinski definition) is 0. The van der Waals surface area contributed by atoms with E-state index < -0.39 is 0 Å². The van der Waals surface area contributed by atoms with E-state index in [9.17, 15) is 0 Å². The molecule has 0 amide bonds. The van der Waals surface area contributed by atoms with Crippen molar-refractivity contribution in [1.82, 2.24) is 4.90 Å². The van der Waals surface area contributed by atoms with Gasteiger partial charge in [0.15, 0.2) is 0 Å². The molecule has 1 heterocycles. The van der Waals surface area contributed by atoms with E-state index in [2.05, 4.69) is 64.3 Å². The van der Waals surface area contributed by atoms with E-state index in [4.69, 9.17) is 4.99 Å². The standard InChI is InChI=1S/C29H46N2S/c1-8-9-10-11-18-31-19-14-23(15-20-31)27(30-7)32-22(2)24-12-13-25-26(21-24)29(5,6)17-16-28(25,3)4/h12-13,21,23H,2,8-11,14-20H2,1,3-7H3. The van der Waals surface area contributed by atoms with E-state index >= 15 is 0 Å². The first-order valence-electron chi connectivity index (χ1n) is 12.9. The Morgan fingerprint density at radius 3 is 2.31 bits per heavy atom. The summed E-state index contributed by atoms with van der Waals surface area (Å²) in [4.78, 5) is 8.53. The van der Waals surface area contributed by atoms with E-state index in [-0.39, 0.29) is 10.8 Å². The van der Waals surface area contributed by atoms with E-state index in [1.54, 1.807) is 0 Å². The number of aliphatic imine (C=N–C) groups is 1. The number of fused-ring (bicyclic) bond motifs is 1. The van der Waals surface area contributed by atoms with Gasteiger partial charge in [-0.25, -0.2) is 0 Å². The second kappa shape index (κ2) is 10.9. The van der Waals surface area contributed by atoms with Crippen LogP contribution in [0.4, 0.5) is 0 Å². The second-order valence-electron chi connectivity index (χ2n) is 11.3. The SMILES string of the molecule is C=C(SC(=NC)C1CCN(CCCCCC)CC1)c1ccc2c(c1)C(C)(C)CCC2(C)C. The van der Waals surface area contributed by atoms with Gasteiger partial charge in [0.2, 0.25) is 0 Å². The molecule has 0 aromatic heterocycles. The van der Waals surface area contributed by atoms with Gasteiger partial charge in [-0.15, -0.1) is 0 Å². The van der Waals surface area contributed by atoms with E-state index in [1.165, 1.54) is 92.7 Å². The summed E-state index contributed by atoms with van der Waals surface area (Å²) in [5, 5.41) is 1.28. The molecular formula is C29H46N2S. The average molecular weight is 455 g/mol. The molecule has 1 fully saturated rings. The molecule has 1 saturated heterocycles. The summed E-state index contributed by atoms with van der Waals surface area (Å²) in [6, 6.07) is 7.10. The highest BCUT2D eigenvalue weighted by Gasteiger charge is 2.37.